The van der Waals surface area contributed by atoms with Crippen molar-refractivity contribution in [2.45, 2.75) is 25.4 Å². The Kier molecular flexibility index (Phi) is 4.86. The molecule has 1 atom stereocenters. The summed E-state index contributed by atoms with van der Waals surface area (Å²) < 4.78 is 0. The van der Waals surface area contributed by atoms with Crippen LogP contribution in [0.1, 0.15) is 18.4 Å². The van der Waals surface area contributed by atoms with E-state index >= 15 is 0 Å². The lowest BCUT2D eigenvalue weighted by atomic mass is 10.0. The van der Waals surface area contributed by atoms with Gasteiger partial charge in [0.1, 0.15) is 0 Å². The van der Waals surface area contributed by atoms with Gasteiger partial charge in [-0.3, -0.25) is 19.3 Å². The van der Waals surface area contributed by atoms with Crippen molar-refractivity contribution in [1.29, 1.82) is 0 Å². The van der Waals surface area contributed by atoms with Gasteiger partial charge in [0.2, 0.25) is 11.8 Å². The zero-order chi connectivity index (χ0) is 17.9. The number of carbonyl (C=O) groups excluding carboxylic acids is 2. The molecule has 2 heterocycles. The van der Waals surface area contributed by atoms with Crippen LogP contribution in [0.3, 0.4) is 0 Å². The van der Waals surface area contributed by atoms with E-state index < -0.39 is 6.04 Å². The monoisotopic (exact) mass is 353 g/mol. The lowest BCUT2D eigenvalue weighted by Crippen LogP contribution is -2.56. The number of fused-ring (bicyclic) bond motifs is 1. The number of benzene rings is 2. The third-order valence-electron chi connectivity index (χ3n) is 5.09. The number of hydrogen-bond acceptors (Lipinski definition) is 4. The second-order valence-electron chi connectivity index (χ2n) is 6.80. The smallest absolute Gasteiger partial charge is 0.248 e. The summed E-state index contributed by atoms with van der Waals surface area (Å²) in [7, 11) is 0. The van der Waals surface area contributed by atoms with Gasteiger partial charge in [0.15, 0.2) is 0 Å². The fourth-order valence-corrected chi connectivity index (χ4v) is 3.73. The first-order valence-corrected chi connectivity index (χ1v) is 9.14. The minimum Gasteiger partial charge on any atom is -0.353 e. The van der Waals surface area contributed by atoms with Crippen molar-refractivity contribution >= 4 is 22.6 Å². The average Bonchev–Trinajstić information content (AvgIpc) is 3.20. The van der Waals surface area contributed by atoms with Crippen LogP contribution in [0.25, 0.3) is 10.8 Å². The SMILES string of the molecule is O=C1NCCN(Cc2cccc3ccccc23)[C@@H]1CC(=O)N1CCCO1. The predicted molar refractivity (Wildman–Crippen MR) is 98.1 cm³/mol. The van der Waals surface area contributed by atoms with E-state index in [4.69, 9.17) is 4.84 Å². The summed E-state index contributed by atoms with van der Waals surface area (Å²) in [5.74, 6) is -0.198. The van der Waals surface area contributed by atoms with Crippen LogP contribution >= 0.6 is 0 Å². The molecule has 2 amide bonds. The van der Waals surface area contributed by atoms with E-state index in [2.05, 4.69) is 34.5 Å². The Labute approximate surface area is 152 Å². The van der Waals surface area contributed by atoms with Gasteiger partial charge in [-0.2, -0.15) is 0 Å². The molecule has 26 heavy (non-hydrogen) atoms. The van der Waals surface area contributed by atoms with Crippen LogP contribution < -0.4 is 5.32 Å². The van der Waals surface area contributed by atoms with Crippen molar-refractivity contribution in [3.05, 3.63) is 48.0 Å². The highest BCUT2D eigenvalue weighted by Gasteiger charge is 2.34. The van der Waals surface area contributed by atoms with Crippen LogP contribution in [0.4, 0.5) is 0 Å². The standard InChI is InChI=1S/C20H23N3O3/c24-19(23-10-4-12-26-23)13-18-20(25)21-9-11-22(18)14-16-7-3-6-15-5-1-2-8-17(15)16/h1-3,5-8,18H,4,9-14H2,(H,21,25)/t18-/m1/s1. The predicted octanol–water partition coefficient (Wildman–Crippen LogP) is 1.69. The van der Waals surface area contributed by atoms with E-state index in [-0.39, 0.29) is 18.2 Å². The molecular formula is C20H23N3O3. The van der Waals surface area contributed by atoms with Crippen LogP contribution in [-0.2, 0) is 21.0 Å². The first kappa shape index (κ1) is 17.0. The van der Waals surface area contributed by atoms with Crippen molar-refractivity contribution in [2.75, 3.05) is 26.2 Å². The van der Waals surface area contributed by atoms with Gasteiger partial charge in [0.25, 0.3) is 0 Å². The number of piperazine rings is 1. The van der Waals surface area contributed by atoms with E-state index in [1.807, 2.05) is 18.2 Å². The van der Waals surface area contributed by atoms with Crippen molar-refractivity contribution in [2.24, 2.45) is 0 Å². The topological polar surface area (TPSA) is 61.9 Å². The van der Waals surface area contributed by atoms with Gasteiger partial charge in [-0.15, -0.1) is 0 Å². The molecule has 6 nitrogen and oxygen atoms in total. The Morgan fingerprint density at radius 2 is 2.00 bits per heavy atom. The molecule has 4 rings (SSSR count). The Hall–Kier alpha value is -2.44. The molecule has 6 heteroatoms. The lowest BCUT2D eigenvalue weighted by Gasteiger charge is -2.35. The minimum atomic E-state index is -0.459. The summed E-state index contributed by atoms with van der Waals surface area (Å²) in [5, 5.41) is 6.66. The Morgan fingerprint density at radius 3 is 2.85 bits per heavy atom. The maximum atomic E-state index is 12.5. The van der Waals surface area contributed by atoms with E-state index in [1.165, 1.54) is 21.4 Å². The normalized spacial score (nSPS) is 21.2. The Bertz CT molecular complexity index is 812. The zero-order valence-corrected chi connectivity index (χ0v) is 14.7. The number of nitrogens with zero attached hydrogens (tertiary/aromatic N) is 2. The molecule has 2 aliphatic heterocycles. The summed E-state index contributed by atoms with van der Waals surface area (Å²) in [5.41, 5.74) is 1.17. The van der Waals surface area contributed by atoms with Crippen LogP contribution in [0.2, 0.25) is 0 Å². The van der Waals surface area contributed by atoms with Gasteiger partial charge < -0.3 is 5.32 Å². The molecule has 1 N–H and O–H groups in total. The largest absolute Gasteiger partial charge is 0.353 e. The second-order valence-corrected chi connectivity index (χ2v) is 6.80. The summed E-state index contributed by atoms with van der Waals surface area (Å²) in [4.78, 5) is 32.4. The van der Waals surface area contributed by atoms with E-state index in [0.717, 1.165) is 13.0 Å². The highest BCUT2D eigenvalue weighted by atomic mass is 16.7. The lowest BCUT2D eigenvalue weighted by molar-refractivity contribution is -0.171. The summed E-state index contributed by atoms with van der Waals surface area (Å²) >= 11 is 0. The molecule has 2 aromatic carbocycles. The molecule has 0 bridgehead atoms. The number of hydroxylamine groups is 2. The van der Waals surface area contributed by atoms with E-state index in [9.17, 15) is 9.59 Å². The summed E-state index contributed by atoms with van der Waals surface area (Å²) in [6, 6.07) is 14.0. The number of nitrogens with one attached hydrogen (secondary N) is 1. The maximum Gasteiger partial charge on any atom is 0.248 e. The molecule has 2 aliphatic rings. The number of amides is 2. The highest BCUT2D eigenvalue weighted by Crippen LogP contribution is 2.22. The average molecular weight is 353 g/mol. The molecule has 0 unspecified atom stereocenters. The molecule has 2 aromatic rings. The third-order valence-corrected chi connectivity index (χ3v) is 5.09. The number of rotatable bonds is 4. The quantitative estimate of drug-likeness (QED) is 0.909. The van der Waals surface area contributed by atoms with Gasteiger partial charge in [0.05, 0.1) is 25.6 Å². The van der Waals surface area contributed by atoms with Crippen LogP contribution in [0.15, 0.2) is 42.5 Å². The van der Waals surface area contributed by atoms with E-state index in [0.29, 0.717) is 26.2 Å². The molecule has 0 radical (unpaired) electrons. The van der Waals surface area contributed by atoms with Crippen molar-refractivity contribution < 1.29 is 14.4 Å². The molecule has 0 aliphatic carbocycles. The summed E-state index contributed by atoms with van der Waals surface area (Å²) in [6.07, 6.45) is 0.999. The number of carbonyl (C=O) groups is 2. The van der Waals surface area contributed by atoms with Crippen LogP contribution in [0.5, 0.6) is 0 Å². The minimum absolute atomic E-state index is 0.0796. The molecule has 2 saturated heterocycles. The van der Waals surface area contributed by atoms with Crippen molar-refractivity contribution in [1.82, 2.24) is 15.3 Å². The Morgan fingerprint density at radius 1 is 1.15 bits per heavy atom. The zero-order valence-electron chi connectivity index (χ0n) is 14.7. The van der Waals surface area contributed by atoms with Crippen LogP contribution in [0, 0.1) is 0 Å². The first-order valence-electron chi connectivity index (χ1n) is 9.14. The highest BCUT2D eigenvalue weighted by molar-refractivity contribution is 5.89. The molecule has 136 valence electrons. The van der Waals surface area contributed by atoms with Gasteiger partial charge in [-0.1, -0.05) is 42.5 Å². The maximum absolute atomic E-state index is 12.5. The van der Waals surface area contributed by atoms with Gasteiger partial charge in [0, 0.05) is 19.6 Å². The molecule has 0 spiro atoms. The fourth-order valence-electron chi connectivity index (χ4n) is 3.73. The number of hydrogen-bond donors (Lipinski definition) is 1. The summed E-state index contributed by atoms with van der Waals surface area (Å²) in [6.45, 7) is 3.16. The second kappa shape index (κ2) is 7.43. The van der Waals surface area contributed by atoms with E-state index in [1.54, 1.807) is 0 Å². The molecular weight excluding hydrogens is 330 g/mol. The Balaban J connectivity index is 1.54. The molecule has 0 aromatic heterocycles. The first-order chi connectivity index (χ1) is 12.7. The van der Waals surface area contributed by atoms with Crippen molar-refractivity contribution in [3.8, 4) is 0 Å². The van der Waals surface area contributed by atoms with Crippen LogP contribution in [-0.4, -0.2) is 54.1 Å². The molecule has 2 fully saturated rings. The third kappa shape index (κ3) is 3.43. The fraction of sp³-hybridized carbons (Fsp3) is 0.400. The van der Waals surface area contributed by atoms with Gasteiger partial charge in [-0.25, -0.2) is 5.06 Å². The van der Waals surface area contributed by atoms with Crippen molar-refractivity contribution in [3.63, 3.8) is 0 Å². The van der Waals surface area contributed by atoms with Gasteiger partial charge in [-0.05, 0) is 22.8 Å². The molecule has 0 saturated carbocycles. The van der Waals surface area contributed by atoms with Gasteiger partial charge >= 0.3 is 0 Å².